The van der Waals surface area contributed by atoms with Gasteiger partial charge in [-0.05, 0) is 26.2 Å². The van der Waals surface area contributed by atoms with Gasteiger partial charge in [0.2, 0.25) is 0 Å². The van der Waals surface area contributed by atoms with E-state index in [4.69, 9.17) is 0 Å². The standard InChI is InChI=1S/C8H19NO/c1-6(2)5-8(10)9-7(3)4/h6-10H,5H2,1-4H3. The molecule has 2 N–H and O–H groups in total. The van der Waals surface area contributed by atoms with Gasteiger partial charge in [0.15, 0.2) is 0 Å². The van der Waals surface area contributed by atoms with Crippen molar-refractivity contribution < 1.29 is 5.11 Å². The van der Waals surface area contributed by atoms with Gasteiger partial charge in [-0.2, -0.15) is 0 Å². The highest BCUT2D eigenvalue weighted by molar-refractivity contribution is 4.59. The van der Waals surface area contributed by atoms with E-state index in [1.54, 1.807) is 0 Å². The van der Waals surface area contributed by atoms with Crippen LogP contribution in [0, 0.1) is 5.92 Å². The van der Waals surface area contributed by atoms with E-state index in [1.807, 2.05) is 13.8 Å². The van der Waals surface area contributed by atoms with Crippen molar-refractivity contribution in [2.24, 2.45) is 5.92 Å². The SMILES string of the molecule is CC(C)CC(O)NC(C)C. The van der Waals surface area contributed by atoms with Gasteiger partial charge in [-0.1, -0.05) is 13.8 Å². The van der Waals surface area contributed by atoms with Crippen LogP contribution in [-0.2, 0) is 0 Å². The molecule has 1 unspecified atom stereocenters. The fourth-order valence-corrected chi connectivity index (χ4v) is 0.899. The van der Waals surface area contributed by atoms with Gasteiger partial charge in [0.1, 0.15) is 6.23 Å². The molecule has 0 aromatic heterocycles. The Labute approximate surface area is 63.6 Å². The van der Waals surface area contributed by atoms with Crippen LogP contribution in [0.15, 0.2) is 0 Å². The summed E-state index contributed by atoms with van der Waals surface area (Å²) in [7, 11) is 0. The van der Waals surface area contributed by atoms with E-state index in [9.17, 15) is 5.11 Å². The predicted molar refractivity (Wildman–Crippen MR) is 43.7 cm³/mol. The Kier molecular flexibility index (Phi) is 4.65. The number of aliphatic hydroxyl groups is 1. The summed E-state index contributed by atoms with van der Waals surface area (Å²) in [6, 6.07) is 0.369. The highest BCUT2D eigenvalue weighted by Crippen LogP contribution is 2.02. The lowest BCUT2D eigenvalue weighted by atomic mass is 10.1. The summed E-state index contributed by atoms with van der Waals surface area (Å²) < 4.78 is 0. The Balaban J connectivity index is 3.34. The molecule has 62 valence electrons. The molecule has 1 atom stereocenters. The van der Waals surface area contributed by atoms with E-state index in [-0.39, 0.29) is 6.23 Å². The van der Waals surface area contributed by atoms with E-state index >= 15 is 0 Å². The fraction of sp³-hybridized carbons (Fsp3) is 1.00. The van der Waals surface area contributed by atoms with Gasteiger partial charge in [0.05, 0.1) is 0 Å². The zero-order valence-corrected chi connectivity index (χ0v) is 7.39. The number of aliphatic hydroxyl groups excluding tert-OH is 1. The lowest BCUT2D eigenvalue weighted by Gasteiger charge is -2.16. The summed E-state index contributed by atoms with van der Waals surface area (Å²) in [5.41, 5.74) is 0. The van der Waals surface area contributed by atoms with Gasteiger partial charge in [0.25, 0.3) is 0 Å². The summed E-state index contributed by atoms with van der Waals surface area (Å²) in [5, 5.41) is 12.3. The number of rotatable bonds is 4. The van der Waals surface area contributed by atoms with Gasteiger partial charge in [-0.15, -0.1) is 0 Å². The summed E-state index contributed by atoms with van der Waals surface area (Å²) in [6.07, 6.45) is 0.498. The smallest absolute Gasteiger partial charge is 0.105 e. The maximum atomic E-state index is 9.28. The Morgan fingerprint density at radius 2 is 1.70 bits per heavy atom. The minimum atomic E-state index is -0.333. The Hall–Kier alpha value is -0.0800. The third kappa shape index (κ3) is 6.05. The lowest BCUT2D eigenvalue weighted by molar-refractivity contribution is 0.105. The van der Waals surface area contributed by atoms with Crippen LogP contribution in [-0.4, -0.2) is 17.4 Å². The van der Waals surface area contributed by atoms with Crippen LogP contribution < -0.4 is 5.32 Å². The average molecular weight is 145 g/mol. The zero-order valence-electron chi connectivity index (χ0n) is 7.39. The third-order valence-electron chi connectivity index (χ3n) is 1.22. The van der Waals surface area contributed by atoms with Gasteiger partial charge < -0.3 is 5.11 Å². The normalized spacial score (nSPS) is 14.7. The molecule has 0 spiro atoms. The molecule has 0 saturated carbocycles. The summed E-state index contributed by atoms with van der Waals surface area (Å²) in [6.45, 7) is 8.27. The maximum absolute atomic E-state index is 9.28. The molecule has 0 aromatic carbocycles. The second-order valence-electron chi connectivity index (χ2n) is 3.47. The first-order valence-electron chi connectivity index (χ1n) is 3.96. The molecule has 0 aliphatic carbocycles. The minimum Gasteiger partial charge on any atom is -0.379 e. The van der Waals surface area contributed by atoms with E-state index in [1.165, 1.54) is 0 Å². The Morgan fingerprint density at radius 1 is 1.20 bits per heavy atom. The van der Waals surface area contributed by atoms with Gasteiger partial charge in [0, 0.05) is 6.04 Å². The molecule has 0 radical (unpaired) electrons. The topological polar surface area (TPSA) is 32.3 Å². The first-order chi connectivity index (χ1) is 4.52. The second kappa shape index (κ2) is 4.69. The van der Waals surface area contributed by atoms with Gasteiger partial charge in [-0.25, -0.2) is 0 Å². The van der Waals surface area contributed by atoms with Crippen molar-refractivity contribution in [1.29, 1.82) is 0 Å². The van der Waals surface area contributed by atoms with Crippen molar-refractivity contribution in [3.63, 3.8) is 0 Å². The largest absolute Gasteiger partial charge is 0.379 e. The molecule has 0 fully saturated rings. The monoisotopic (exact) mass is 145 g/mol. The van der Waals surface area contributed by atoms with Crippen molar-refractivity contribution in [2.45, 2.75) is 46.4 Å². The third-order valence-corrected chi connectivity index (χ3v) is 1.22. The summed E-state index contributed by atoms with van der Waals surface area (Å²) in [5.74, 6) is 0.557. The number of hydrogen-bond donors (Lipinski definition) is 2. The van der Waals surface area contributed by atoms with Crippen LogP contribution in [0.1, 0.15) is 34.1 Å². The Morgan fingerprint density at radius 3 is 2.00 bits per heavy atom. The summed E-state index contributed by atoms with van der Waals surface area (Å²) >= 11 is 0. The molecule has 2 nitrogen and oxygen atoms in total. The van der Waals surface area contributed by atoms with E-state index in [0.717, 1.165) is 6.42 Å². The van der Waals surface area contributed by atoms with Crippen molar-refractivity contribution in [1.82, 2.24) is 5.32 Å². The minimum absolute atomic E-state index is 0.333. The molecular formula is C8H19NO. The quantitative estimate of drug-likeness (QED) is 0.585. The van der Waals surface area contributed by atoms with Crippen molar-refractivity contribution in [3.05, 3.63) is 0 Å². The Bertz CT molecular complexity index is 71.3. The van der Waals surface area contributed by atoms with Gasteiger partial charge in [-0.3, -0.25) is 5.32 Å². The van der Waals surface area contributed by atoms with Crippen molar-refractivity contribution in [2.75, 3.05) is 0 Å². The van der Waals surface area contributed by atoms with Gasteiger partial charge >= 0.3 is 0 Å². The van der Waals surface area contributed by atoms with Crippen LogP contribution in [0.3, 0.4) is 0 Å². The van der Waals surface area contributed by atoms with Crippen molar-refractivity contribution in [3.8, 4) is 0 Å². The highest BCUT2D eigenvalue weighted by atomic mass is 16.3. The van der Waals surface area contributed by atoms with E-state index in [2.05, 4.69) is 19.2 Å². The van der Waals surface area contributed by atoms with Crippen LogP contribution >= 0.6 is 0 Å². The van der Waals surface area contributed by atoms with Crippen LogP contribution in [0.25, 0.3) is 0 Å². The molecule has 0 aliphatic heterocycles. The molecule has 0 aliphatic rings. The highest BCUT2D eigenvalue weighted by Gasteiger charge is 2.06. The average Bonchev–Trinajstić information content (AvgIpc) is 1.58. The molecule has 0 heterocycles. The molecule has 2 heteroatoms. The fourth-order valence-electron chi connectivity index (χ4n) is 0.899. The molecule has 0 aromatic rings. The van der Waals surface area contributed by atoms with E-state index in [0.29, 0.717) is 12.0 Å². The molecule has 10 heavy (non-hydrogen) atoms. The molecule has 0 saturated heterocycles. The van der Waals surface area contributed by atoms with Crippen LogP contribution in [0.5, 0.6) is 0 Å². The van der Waals surface area contributed by atoms with Crippen LogP contribution in [0.4, 0.5) is 0 Å². The lowest BCUT2D eigenvalue weighted by Crippen LogP contribution is -2.35. The first kappa shape index (κ1) is 9.92. The first-order valence-corrected chi connectivity index (χ1v) is 3.96. The number of nitrogens with one attached hydrogen (secondary N) is 1. The maximum Gasteiger partial charge on any atom is 0.105 e. The molecule has 0 rings (SSSR count). The molecule has 0 amide bonds. The number of hydrogen-bond acceptors (Lipinski definition) is 2. The predicted octanol–water partition coefficient (Wildman–Crippen LogP) is 1.35. The second-order valence-corrected chi connectivity index (χ2v) is 3.47. The molecule has 0 bridgehead atoms. The van der Waals surface area contributed by atoms with Crippen LogP contribution in [0.2, 0.25) is 0 Å². The molecular weight excluding hydrogens is 126 g/mol. The summed E-state index contributed by atoms with van der Waals surface area (Å²) in [4.78, 5) is 0. The zero-order chi connectivity index (χ0) is 8.15. The van der Waals surface area contributed by atoms with E-state index < -0.39 is 0 Å². The van der Waals surface area contributed by atoms with Crippen molar-refractivity contribution >= 4 is 0 Å².